The van der Waals surface area contributed by atoms with Gasteiger partial charge in [0.05, 0.1) is 24.4 Å². The molecule has 2 aromatic rings. The molecule has 2 atom stereocenters. The molecule has 3 rings (SSSR count). The second-order valence-electron chi connectivity index (χ2n) is 5.02. The van der Waals surface area contributed by atoms with E-state index < -0.39 is 6.10 Å². The Morgan fingerprint density at radius 2 is 2.25 bits per heavy atom. The maximum atomic E-state index is 10.0. The van der Waals surface area contributed by atoms with Gasteiger partial charge in [-0.3, -0.25) is 4.98 Å². The van der Waals surface area contributed by atoms with Crippen molar-refractivity contribution >= 4 is 16.7 Å². The maximum Gasteiger partial charge on any atom is 0.213 e. The molecular formula is C14H18N4O2. The smallest absolute Gasteiger partial charge is 0.213 e. The van der Waals surface area contributed by atoms with Crippen LogP contribution in [0.1, 0.15) is 0 Å². The van der Waals surface area contributed by atoms with Crippen LogP contribution in [-0.4, -0.2) is 47.9 Å². The quantitative estimate of drug-likeness (QED) is 0.842. The highest BCUT2D eigenvalue weighted by atomic mass is 16.5. The number of hydrogen-bond acceptors (Lipinski definition) is 6. The standard InChI is InChI=1S/C14H18N4O2/c1-20-13-3-2-10-14(17-13)11(4-5-16-10)18-7-9(6-15)12(19)8-18/h2-5,9,12,19H,6-8,15H2,1H3/t9-,12+/m0/s1. The van der Waals surface area contributed by atoms with Crippen LogP contribution in [0.3, 0.4) is 0 Å². The number of nitrogens with two attached hydrogens (primary N) is 1. The SMILES string of the molecule is COc1ccc2nccc(N3C[C@H](CN)[C@H](O)C3)c2n1. The van der Waals surface area contributed by atoms with Gasteiger partial charge in [0.25, 0.3) is 0 Å². The highest BCUT2D eigenvalue weighted by Gasteiger charge is 2.31. The number of ether oxygens (including phenoxy) is 1. The van der Waals surface area contributed by atoms with Gasteiger partial charge in [0.15, 0.2) is 0 Å². The van der Waals surface area contributed by atoms with Gasteiger partial charge in [-0.1, -0.05) is 0 Å². The Balaban J connectivity index is 2.03. The van der Waals surface area contributed by atoms with E-state index in [-0.39, 0.29) is 5.92 Å². The average molecular weight is 274 g/mol. The summed E-state index contributed by atoms with van der Waals surface area (Å²) in [6.45, 7) is 1.78. The summed E-state index contributed by atoms with van der Waals surface area (Å²) in [6.07, 6.45) is 1.36. The Labute approximate surface area is 117 Å². The largest absolute Gasteiger partial charge is 0.481 e. The number of methoxy groups -OCH3 is 1. The number of nitrogens with zero attached hydrogens (tertiary/aromatic N) is 3. The number of aliphatic hydroxyl groups is 1. The van der Waals surface area contributed by atoms with Crippen LogP contribution in [0.4, 0.5) is 5.69 Å². The molecule has 0 spiro atoms. The van der Waals surface area contributed by atoms with E-state index in [4.69, 9.17) is 10.5 Å². The van der Waals surface area contributed by atoms with Gasteiger partial charge in [-0.25, -0.2) is 4.98 Å². The molecule has 2 aromatic heterocycles. The number of hydrogen-bond donors (Lipinski definition) is 2. The van der Waals surface area contributed by atoms with Crippen LogP contribution in [0.5, 0.6) is 5.88 Å². The lowest BCUT2D eigenvalue weighted by Gasteiger charge is -2.19. The van der Waals surface area contributed by atoms with Crippen LogP contribution in [0.25, 0.3) is 11.0 Å². The fourth-order valence-electron chi connectivity index (χ4n) is 2.65. The normalized spacial score (nSPS) is 22.4. The highest BCUT2D eigenvalue weighted by Crippen LogP contribution is 2.29. The third kappa shape index (κ3) is 2.17. The summed E-state index contributed by atoms with van der Waals surface area (Å²) >= 11 is 0. The molecule has 3 heterocycles. The average Bonchev–Trinajstić information content (AvgIpc) is 2.87. The van der Waals surface area contributed by atoms with E-state index in [2.05, 4.69) is 14.9 Å². The van der Waals surface area contributed by atoms with Crippen molar-refractivity contribution < 1.29 is 9.84 Å². The number of β-amino-alcohol motifs (C(OH)–C–C–N with tert-alkyl or cyclic N) is 1. The third-order valence-corrected chi connectivity index (χ3v) is 3.80. The van der Waals surface area contributed by atoms with E-state index in [1.807, 2.05) is 12.1 Å². The van der Waals surface area contributed by atoms with Crippen LogP contribution >= 0.6 is 0 Å². The Morgan fingerprint density at radius 3 is 2.95 bits per heavy atom. The molecular weight excluding hydrogens is 256 g/mol. The molecule has 1 saturated heterocycles. The van der Waals surface area contributed by atoms with E-state index in [0.717, 1.165) is 23.3 Å². The van der Waals surface area contributed by atoms with Gasteiger partial charge < -0.3 is 20.5 Å². The fourth-order valence-corrected chi connectivity index (χ4v) is 2.65. The molecule has 106 valence electrons. The number of aromatic nitrogens is 2. The van der Waals surface area contributed by atoms with E-state index in [1.165, 1.54) is 0 Å². The first-order chi connectivity index (χ1) is 9.72. The minimum atomic E-state index is -0.395. The third-order valence-electron chi connectivity index (χ3n) is 3.80. The predicted molar refractivity (Wildman–Crippen MR) is 76.9 cm³/mol. The zero-order chi connectivity index (χ0) is 14.1. The summed E-state index contributed by atoms with van der Waals surface area (Å²) in [7, 11) is 1.59. The van der Waals surface area contributed by atoms with Gasteiger partial charge in [0, 0.05) is 31.3 Å². The van der Waals surface area contributed by atoms with Crippen LogP contribution in [0.2, 0.25) is 0 Å². The number of rotatable bonds is 3. The lowest BCUT2D eigenvalue weighted by Crippen LogP contribution is -2.25. The molecule has 3 N–H and O–H groups in total. The van der Waals surface area contributed by atoms with Crippen molar-refractivity contribution in [3.05, 3.63) is 24.4 Å². The molecule has 0 unspecified atom stereocenters. The van der Waals surface area contributed by atoms with Crippen molar-refractivity contribution in [2.24, 2.45) is 11.7 Å². The summed E-state index contributed by atoms with van der Waals surface area (Å²) in [5.74, 6) is 0.658. The summed E-state index contributed by atoms with van der Waals surface area (Å²) in [5.41, 5.74) is 8.25. The molecule has 1 fully saturated rings. The molecule has 20 heavy (non-hydrogen) atoms. The molecule has 0 bridgehead atoms. The maximum absolute atomic E-state index is 10.0. The first-order valence-corrected chi connectivity index (χ1v) is 6.65. The van der Waals surface area contributed by atoms with E-state index in [1.54, 1.807) is 19.4 Å². The van der Waals surface area contributed by atoms with Crippen LogP contribution < -0.4 is 15.4 Å². The van der Waals surface area contributed by atoms with Crippen molar-refractivity contribution in [3.8, 4) is 5.88 Å². The monoisotopic (exact) mass is 274 g/mol. The molecule has 6 heteroatoms. The Bertz CT molecular complexity index is 619. The predicted octanol–water partition coefficient (Wildman–Crippen LogP) is 0.394. The minimum absolute atomic E-state index is 0.101. The van der Waals surface area contributed by atoms with E-state index in [0.29, 0.717) is 19.0 Å². The molecule has 0 saturated carbocycles. The van der Waals surface area contributed by atoms with Crippen molar-refractivity contribution in [2.75, 3.05) is 31.6 Å². The lowest BCUT2D eigenvalue weighted by atomic mass is 10.1. The van der Waals surface area contributed by atoms with Crippen molar-refractivity contribution in [3.63, 3.8) is 0 Å². The zero-order valence-electron chi connectivity index (χ0n) is 11.4. The Hall–Kier alpha value is -1.92. The molecule has 0 radical (unpaired) electrons. The zero-order valence-corrected chi connectivity index (χ0v) is 11.4. The van der Waals surface area contributed by atoms with Crippen LogP contribution in [-0.2, 0) is 0 Å². The molecule has 1 aliphatic heterocycles. The van der Waals surface area contributed by atoms with Gasteiger partial charge in [-0.15, -0.1) is 0 Å². The first-order valence-electron chi connectivity index (χ1n) is 6.65. The van der Waals surface area contributed by atoms with Crippen molar-refractivity contribution in [2.45, 2.75) is 6.10 Å². The molecule has 0 amide bonds. The Kier molecular flexibility index (Phi) is 3.42. The van der Waals surface area contributed by atoms with Gasteiger partial charge in [-0.2, -0.15) is 0 Å². The molecule has 0 aromatic carbocycles. The molecule has 6 nitrogen and oxygen atoms in total. The summed E-state index contributed by atoms with van der Waals surface area (Å²) in [5, 5.41) is 10.0. The fraction of sp³-hybridized carbons (Fsp3) is 0.429. The number of aliphatic hydroxyl groups excluding tert-OH is 1. The van der Waals surface area contributed by atoms with Crippen LogP contribution in [0, 0.1) is 5.92 Å². The molecule has 0 aliphatic carbocycles. The summed E-state index contributed by atoms with van der Waals surface area (Å²) in [6, 6.07) is 5.60. The lowest BCUT2D eigenvalue weighted by molar-refractivity contribution is 0.152. The second-order valence-corrected chi connectivity index (χ2v) is 5.02. The number of fused-ring (bicyclic) bond motifs is 1. The van der Waals surface area contributed by atoms with E-state index >= 15 is 0 Å². The molecule has 1 aliphatic rings. The minimum Gasteiger partial charge on any atom is -0.481 e. The van der Waals surface area contributed by atoms with Gasteiger partial charge in [0.1, 0.15) is 5.52 Å². The van der Waals surface area contributed by atoms with Crippen molar-refractivity contribution in [1.29, 1.82) is 0 Å². The highest BCUT2D eigenvalue weighted by molar-refractivity contribution is 5.88. The topological polar surface area (TPSA) is 84.5 Å². The second kappa shape index (κ2) is 5.22. The summed E-state index contributed by atoms with van der Waals surface area (Å²) in [4.78, 5) is 10.9. The number of pyridine rings is 2. The number of anilines is 1. The Morgan fingerprint density at radius 1 is 1.40 bits per heavy atom. The van der Waals surface area contributed by atoms with Crippen molar-refractivity contribution in [1.82, 2.24) is 9.97 Å². The van der Waals surface area contributed by atoms with Gasteiger partial charge >= 0.3 is 0 Å². The van der Waals surface area contributed by atoms with Crippen LogP contribution in [0.15, 0.2) is 24.4 Å². The summed E-state index contributed by atoms with van der Waals surface area (Å²) < 4.78 is 5.18. The van der Waals surface area contributed by atoms with Gasteiger partial charge in [-0.05, 0) is 18.7 Å². The van der Waals surface area contributed by atoms with E-state index in [9.17, 15) is 5.11 Å². The van der Waals surface area contributed by atoms with Gasteiger partial charge in [0.2, 0.25) is 5.88 Å². The first kappa shape index (κ1) is 13.1.